The zero-order chi connectivity index (χ0) is 20.7. The van der Waals surface area contributed by atoms with Gasteiger partial charge in [0, 0.05) is 20.2 Å². The average molecular weight is 394 g/mol. The normalized spacial score (nSPS) is 16.4. The first-order valence-corrected chi connectivity index (χ1v) is 8.76. The van der Waals surface area contributed by atoms with Crippen molar-refractivity contribution in [2.24, 2.45) is 5.41 Å². The van der Waals surface area contributed by atoms with Gasteiger partial charge in [-0.25, -0.2) is 4.98 Å². The molecular formula is C19H21F3N4O2. The molecule has 0 saturated heterocycles. The summed E-state index contributed by atoms with van der Waals surface area (Å²) in [6, 6.07) is 5.40. The molecule has 1 aliphatic carbocycles. The lowest BCUT2D eigenvalue weighted by Gasteiger charge is -2.26. The largest absolute Gasteiger partial charge is 0.416 e. The number of halogens is 3. The lowest BCUT2D eigenvalue weighted by molar-refractivity contribution is -0.137. The van der Waals surface area contributed by atoms with Crippen molar-refractivity contribution in [2.75, 3.05) is 19.0 Å². The van der Waals surface area contributed by atoms with E-state index in [0.717, 1.165) is 31.0 Å². The van der Waals surface area contributed by atoms with Crippen LogP contribution in [0.5, 0.6) is 0 Å². The van der Waals surface area contributed by atoms with Crippen molar-refractivity contribution in [3.63, 3.8) is 0 Å². The van der Waals surface area contributed by atoms with Gasteiger partial charge in [-0.1, -0.05) is 19.1 Å². The molecule has 6 nitrogen and oxygen atoms in total. The van der Waals surface area contributed by atoms with Gasteiger partial charge in [0.1, 0.15) is 5.69 Å². The first-order valence-electron chi connectivity index (χ1n) is 8.76. The number of nitrogens with zero attached hydrogens (tertiary/aromatic N) is 2. The summed E-state index contributed by atoms with van der Waals surface area (Å²) in [7, 11) is 3.35. The predicted octanol–water partition coefficient (Wildman–Crippen LogP) is 3.13. The van der Waals surface area contributed by atoms with E-state index in [4.69, 9.17) is 0 Å². The number of nitrogens with one attached hydrogen (secondary N) is 2. The summed E-state index contributed by atoms with van der Waals surface area (Å²) in [5, 5.41) is 2.85. The van der Waals surface area contributed by atoms with Crippen LogP contribution >= 0.6 is 0 Å². The molecule has 1 amide bonds. The van der Waals surface area contributed by atoms with E-state index in [1.54, 1.807) is 19.0 Å². The fourth-order valence-corrected chi connectivity index (χ4v) is 2.99. The fraction of sp³-hybridized carbons (Fsp3) is 0.421. The number of H-pyrrole nitrogens is 1. The number of carbonyl (C=O) groups is 1. The highest BCUT2D eigenvalue weighted by Gasteiger charge is 2.46. The highest BCUT2D eigenvalue weighted by atomic mass is 19.4. The van der Waals surface area contributed by atoms with E-state index in [-0.39, 0.29) is 17.1 Å². The van der Waals surface area contributed by atoms with Gasteiger partial charge in [-0.2, -0.15) is 13.2 Å². The van der Waals surface area contributed by atoms with Crippen molar-refractivity contribution in [1.29, 1.82) is 0 Å². The van der Waals surface area contributed by atoms with Crippen LogP contribution in [0.1, 0.15) is 47.4 Å². The van der Waals surface area contributed by atoms with E-state index in [1.807, 2.05) is 6.92 Å². The van der Waals surface area contributed by atoms with E-state index in [9.17, 15) is 22.8 Å². The van der Waals surface area contributed by atoms with E-state index in [2.05, 4.69) is 15.3 Å². The molecule has 1 aromatic carbocycles. The molecular weight excluding hydrogens is 373 g/mol. The quantitative estimate of drug-likeness (QED) is 0.817. The van der Waals surface area contributed by atoms with Crippen LogP contribution in [-0.4, -0.2) is 30.0 Å². The second-order valence-electron chi connectivity index (χ2n) is 7.53. The zero-order valence-corrected chi connectivity index (χ0v) is 15.7. The Hall–Kier alpha value is -2.84. The Morgan fingerprint density at radius 2 is 1.86 bits per heavy atom. The lowest BCUT2D eigenvalue weighted by atomic mass is 9.91. The smallest absolute Gasteiger partial charge is 0.348 e. The summed E-state index contributed by atoms with van der Waals surface area (Å²) in [5.41, 5.74) is -0.921. The first-order chi connectivity index (χ1) is 13.0. The molecule has 0 radical (unpaired) electrons. The van der Waals surface area contributed by atoms with Crippen LogP contribution in [0.25, 0.3) is 0 Å². The number of amides is 1. The standard InChI is InChI=1S/C19H21F3N4O2/c1-18(8-9-18)15(11-4-6-12(7-5-11)19(20,21)22)25-16(28)13-10-14(27)24-17(23-13)26(2)3/h4-7,10,15H,8-9H2,1-3H3,(H,25,28)(H,23,24,27). The van der Waals surface area contributed by atoms with Crippen molar-refractivity contribution in [2.45, 2.75) is 32.0 Å². The second kappa shape index (κ2) is 6.96. The minimum Gasteiger partial charge on any atom is -0.348 e. The van der Waals surface area contributed by atoms with Gasteiger partial charge >= 0.3 is 6.18 Å². The molecule has 1 fully saturated rings. The summed E-state index contributed by atoms with van der Waals surface area (Å²) in [6.07, 6.45) is -2.74. The van der Waals surface area contributed by atoms with Crippen LogP contribution in [0.4, 0.5) is 19.1 Å². The van der Waals surface area contributed by atoms with E-state index >= 15 is 0 Å². The van der Waals surface area contributed by atoms with E-state index < -0.39 is 29.2 Å². The average Bonchev–Trinajstić information content (AvgIpc) is 3.36. The minimum atomic E-state index is -4.42. The van der Waals surface area contributed by atoms with E-state index in [0.29, 0.717) is 5.56 Å². The number of aromatic nitrogens is 2. The third-order valence-corrected chi connectivity index (χ3v) is 4.97. The van der Waals surface area contributed by atoms with Crippen LogP contribution in [-0.2, 0) is 6.18 Å². The molecule has 150 valence electrons. The SMILES string of the molecule is CN(C)c1nc(C(=O)NC(c2ccc(C(F)(F)F)cc2)C2(C)CC2)cc(=O)[nH]1. The van der Waals surface area contributed by atoms with Crippen LogP contribution in [0.3, 0.4) is 0 Å². The van der Waals surface area contributed by atoms with E-state index in [1.165, 1.54) is 12.1 Å². The predicted molar refractivity (Wildman–Crippen MR) is 98.2 cm³/mol. The van der Waals surface area contributed by atoms with Gasteiger partial charge < -0.3 is 10.2 Å². The summed E-state index contributed by atoms with van der Waals surface area (Å²) < 4.78 is 38.5. The Morgan fingerprint density at radius 3 is 2.36 bits per heavy atom. The van der Waals surface area contributed by atoms with Gasteiger partial charge in [0.25, 0.3) is 11.5 Å². The molecule has 0 aliphatic heterocycles. The Labute approximate surface area is 159 Å². The van der Waals surface area contributed by atoms with Crippen molar-refractivity contribution >= 4 is 11.9 Å². The van der Waals surface area contributed by atoms with Crippen molar-refractivity contribution in [1.82, 2.24) is 15.3 Å². The Balaban J connectivity index is 1.88. The number of alkyl halides is 3. The van der Waals surface area contributed by atoms with Crippen molar-refractivity contribution < 1.29 is 18.0 Å². The lowest BCUT2D eigenvalue weighted by Crippen LogP contribution is -2.35. The third kappa shape index (κ3) is 4.18. The van der Waals surface area contributed by atoms with Crippen molar-refractivity contribution in [3.05, 3.63) is 57.5 Å². The minimum absolute atomic E-state index is 0.0476. The van der Waals surface area contributed by atoms with Crippen LogP contribution in [0.15, 0.2) is 35.1 Å². The highest BCUT2D eigenvalue weighted by molar-refractivity contribution is 5.92. The van der Waals surface area contributed by atoms with Gasteiger partial charge in [0.2, 0.25) is 5.95 Å². The van der Waals surface area contributed by atoms with Gasteiger partial charge in [0.15, 0.2) is 0 Å². The molecule has 0 spiro atoms. The second-order valence-corrected chi connectivity index (χ2v) is 7.53. The van der Waals surface area contributed by atoms with Crippen molar-refractivity contribution in [3.8, 4) is 0 Å². The van der Waals surface area contributed by atoms with Gasteiger partial charge in [-0.15, -0.1) is 0 Å². The number of hydrogen-bond donors (Lipinski definition) is 2. The number of aromatic amines is 1. The molecule has 1 unspecified atom stereocenters. The molecule has 3 rings (SSSR count). The molecule has 2 aromatic rings. The number of rotatable bonds is 5. The third-order valence-electron chi connectivity index (χ3n) is 4.97. The van der Waals surface area contributed by atoms with Gasteiger partial charge in [-0.3, -0.25) is 14.6 Å². The summed E-state index contributed by atoms with van der Waals surface area (Å²) in [5.74, 6) is -0.311. The monoisotopic (exact) mass is 394 g/mol. The van der Waals surface area contributed by atoms with Crippen LogP contribution < -0.4 is 15.8 Å². The molecule has 28 heavy (non-hydrogen) atoms. The number of hydrogen-bond acceptors (Lipinski definition) is 4. The maximum atomic E-state index is 12.8. The number of anilines is 1. The maximum Gasteiger partial charge on any atom is 0.416 e. The van der Waals surface area contributed by atoms with Gasteiger partial charge in [-0.05, 0) is 36.0 Å². The van der Waals surface area contributed by atoms with Gasteiger partial charge in [0.05, 0.1) is 11.6 Å². The molecule has 1 saturated carbocycles. The topological polar surface area (TPSA) is 78.1 Å². The molecule has 1 atom stereocenters. The zero-order valence-electron chi connectivity index (χ0n) is 15.7. The Bertz CT molecular complexity index is 931. The Morgan fingerprint density at radius 1 is 1.25 bits per heavy atom. The fourth-order valence-electron chi connectivity index (χ4n) is 2.99. The highest BCUT2D eigenvalue weighted by Crippen LogP contribution is 2.54. The molecule has 0 bridgehead atoms. The first kappa shape index (κ1) is 19.9. The molecule has 2 N–H and O–H groups in total. The summed E-state index contributed by atoms with van der Waals surface area (Å²) in [6.45, 7) is 1.96. The summed E-state index contributed by atoms with van der Waals surface area (Å²) >= 11 is 0. The number of benzene rings is 1. The molecule has 1 aliphatic rings. The number of carbonyl (C=O) groups excluding carboxylic acids is 1. The molecule has 9 heteroatoms. The Kier molecular flexibility index (Phi) is 4.95. The summed E-state index contributed by atoms with van der Waals surface area (Å²) in [4.78, 5) is 32.8. The molecule has 1 aromatic heterocycles. The maximum absolute atomic E-state index is 12.8. The van der Waals surface area contributed by atoms with Crippen LogP contribution in [0.2, 0.25) is 0 Å². The van der Waals surface area contributed by atoms with Crippen LogP contribution in [0, 0.1) is 5.41 Å². The molecule has 1 heterocycles.